The lowest BCUT2D eigenvalue weighted by Gasteiger charge is -2.19. The molecule has 0 heterocycles. The Morgan fingerprint density at radius 3 is 2.73 bits per heavy atom. The molecule has 15 heavy (non-hydrogen) atoms. The van der Waals surface area contributed by atoms with Crippen LogP contribution in [0, 0.1) is 0 Å². The molecule has 4 heteroatoms. The number of amides is 1. The molecule has 0 aliphatic heterocycles. The van der Waals surface area contributed by atoms with Crippen molar-refractivity contribution in [1.82, 2.24) is 0 Å². The predicted octanol–water partition coefficient (Wildman–Crippen LogP) is 2.29. The van der Waals surface area contributed by atoms with Crippen LogP contribution < -0.4 is 9.64 Å². The Morgan fingerprint density at radius 1 is 1.47 bits per heavy atom. The minimum Gasteiger partial charge on any atom is -0.495 e. The van der Waals surface area contributed by atoms with Crippen LogP contribution in [0.3, 0.4) is 0 Å². The van der Waals surface area contributed by atoms with Gasteiger partial charge in [-0.25, -0.2) is 0 Å². The number of hydrogen-bond acceptors (Lipinski definition) is 2. The van der Waals surface area contributed by atoms with Crippen molar-refractivity contribution < 1.29 is 9.53 Å². The number of ether oxygens (including phenoxy) is 1. The number of benzene rings is 1. The molecule has 0 radical (unpaired) electrons. The van der Waals surface area contributed by atoms with Crippen LogP contribution in [0.4, 0.5) is 5.69 Å². The molecule has 0 spiro atoms. The normalized spacial score (nSPS) is 9.80. The van der Waals surface area contributed by atoms with Crippen LogP contribution >= 0.6 is 11.6 Å². The fraction of sp³-hybridized carbons (Fsp3) is 0.364. The molecule has 82 valence electrons. The molecule has 0 aliphatic carbocycles. The minimum atomic E-state index is -0.0190. The van der Waals surface area contributed by atoms with Gasteiger partial charge in [-0.2, -0.15) is 0 Å². The molecular weight excluding hydrogens is 214 g/mol. The van der Waals surface area contributed by atoms with Crippen molar-refractivity contribution in [2.45, 2.75) is 6.42 Å². The van der Waals surface area contributed by atoms with Gasteiger partial charge in [-0.3, -0.25) is 4.79 Å². The maximum Gasteiger partial charge on any atom is 0.228 e. The van der Waals surface area contributed by atoms with E-state index in [-0.39, 0.29) is 5.91 Å². The zero-order chi connectivity index (χ0) is 11.3. The third kappa shape index (κ3) is 2.86. The highest BCUT2D eigenvalue weighted by molar-refractivity contribution is 6.19. The molecule has 0 unspecified atom stereocenters. The van der Waals surface area contributed by atoms with E-state index in [0.717, 1.165) is 5.69 Å². The van der Waals surface area contributed by atoms with Crippen LogP contribution in [-0.4, -0.2) is 25.9 Å². The van der Waals surface area contributed by atoms with E-state index in [4.69, 9.17) is 16.3 Å². The lowest BCUT2D eigenvalue weighted by atomic mass is 10.2. The van der Waals surface area contributed by atoms with Gasteiger partial charge in [-0.05, 0) is 12.1 Å². The zero-order valence-electron chi connectivity index (χ0n) is 8.87. The lowest BCUT2D eigenvalue weighted by molar-refractivity contribution is -0.117. The number of para-hydroxylation sites is 2. The van der Waals surface area contributed by atoms with Gasteiger partial charge in [0.15, 0.2) is 0 Å². The summed E-state index contributed by atoms with van der Waals surface area (Å²) in [6.07, 6.45) is 0.329. The lowest BCUT2D eigenvalue weighted by Crippen LogP contribution is -2.26. The van der Waals surface area contributed by atoms with Gasteiger partial charge in [0.05, 0.1) is 12.8 Å². The molecule has 0 aliphatic rings. The fourth-order valence-electron chi connectivity index (χ4n) is 1.29. The van der Waals surface area contributed by atoms with Crippen LogP contribution in [0.1, 0.15) is 6.42 Å². The number of carbonyl (C=O) groups excluding carboxylic acids is 1. The molecule has 0 N–H and O–H groups in total. The Bertz CT molecular complexity index is 341. The predicted molar refractivity (Wildman–Crippen MR) is 61.7 cm³/mol. The average Bonchev–Trinajstić information content (AvgIpc) is 2.28. The smallest absolute Gasteiger partial charge is 0.228 e. The van der Waals surface area contributed by atoms with E-state index in [9.17, 15) is 4.79 Å². The Morgan fingerprint density at radius 2 is 2.13 bits per heavy atom. The van der Waals surface area contributed by atoms with Crippen molar-refractivity contribution in [3.05, 3.63) is 24.3 Å². The first kappa shape index (κ1) is 11.9. The van der Waals surface area contributed by atoms with E-state index in [1.807, 2.05) is 24.3 Å². The second-order valence-corrected chi connectivity index (χ2v) is 3.44. The molecule has 0 atom stereocenters. The Kier molecular flexibility index (Phi) is 4.43. The Labute approximate surface area is 94.6 Å². The summed E-state index contributed by atoms with van der Waals surface area (Å²) in [5.74, 6) is 0.996. The van der Waals surface area contributed by atoms with Gasteiger partial charge in [0, 0.05) is 19.3 Å². The molecule has 1 rings (SSSR count). The topological polar surface area (TPSA) is 29.5 Å². The van der Waals surface area contributed by atoms with E-state index in [2.05, 4.69) is 0 Å². The number of alkyl halides is 1. The maximum atomic E-state index is 11.6. The summed E-state index contributed by atoms with van der Waals surface area (Å²) in [6, 6.07) is 7.38. The SMILES string of the molecule is COc1ccccc1N(C)C(=O)CCCl. The zero-order valence-corrected chi connectivity index (χ0v) is 9.62. The van der Waals surface area contributed by atoms with Crippen LogP contribution in [-0.2, 0) is 4.79 Å². The summed E-state index contributed by atoms with van der Waals surface area (Å²) in [4.78, 5) is 13.2. The van der Waals surface area contributed by atoms with Crippen molar-refractivity contribution in [2.75, 3.05) is 24.9 Å². The van der Waals surface area contributed by atoms with Crippen LogP contribution in [0.15, 0.2) is 24.3 Å². The van der Waals surface area contributed by atoms with E-state index in [1.54, 1.807) is 19.1 Å². The standard InChI is InChI=1S/C11H14ClNO2/c1-13(11(14)7-8-12)9-5-3-4-6-10(9)15-2/h3-6H,7-8H2,1-2H3. The first-order chi connectivity index (χ1) is 7.20. The third-order valence-electron chi connectivity index (χ3n) is 2.13. The Hall–Kier alpha value is -1.22. The molecule has 0 aromatic heterocycles. The highest BCUT2D eigenvalue weighted by Crippen LogP contribution is 2.26. The molecule has 1 aromatic rings. The van der Waals surface area contributed by atoms with Crippen LogP contribution in [0.5, 0.6) is 5.75 Å². The Balaban J connectivity index is 2.89. The number of hydrogen-bond donors (Lipinski definition) is 0. The van der Waals surface area contributed by atoms with Gasteiger partial charge < -0.3 is 9.64 Å². The number of carbonyl (C=O) groups is 1. The molecule has 3 nitrogen and oxygen atoms in total. The van der Waals surface area contributed by atoms with Crippen LogP contribution in [0.25, 0.3) is 0 Å². The van der Waals surface area contributed by atoms with E-state index < -0.39 is 0 Å². The number of anilines is 1. The number of nitrogens with zero attached hydrogens (tertiary/aromatic N) is 1. The second kappa shape index (κ2) is 5.61. The summed E-state index contributed by atoms with van der Waals surface area (Å²) in [6.45, 7) is 0. The molecule has 0 bridgehead atoms. The minimum absolute atomic E-state index is 0.0190. The first-order valence-corrected chi connectivity index (χ1v) is 5.19. The summed E-state index contributed by atoms with van der Waals surface area (Å²) in [5, 5.41) is 0. The summed E-state index contributed by atoms with van der Waals surface area (Å²) in [7, 11) is 3.30. The molecule has 1 amide bonds. The molecule has 1 aromatic carbocycles. The number of rotatable bonds is 4. The molecular formula is C11H14ClNO2. The van der Waals surface area contributed by atoms with Crippen molar-refractivity contribution >= 4 is 23.2 Å². The summed E-state index contributed by atoms with van der Waals surface area (Å²) in [5.41, 5.74) is 0.759. The third-order valence-corrected chi connectivity index (χ3v) is 2.32. The molecule has 0 fully saturated rings. The van der Waals surface area contributed by atoms with Gasteiger partial charge in [0.2, 0.25) is 5.91 Å². The van der Waals surface area contributed by atoms with Crippen LogP contribution in [0.2, 0.25) is 0 Å². The highest BCUT2D eigenvalue weighted by Gasteiger charge is 2.13. The number of halogens is 1. The van der Waals surface area contributed by atoms with Crippen molar-refractivity contribution in [2.24, 2.45) is 0 Å². The van der Waals surface area contributed by atoms with Gasteiger partial charge in [0.25, 0.3) is 0 Å². The van der Waals surface area contributed by atoms with Crippen molar-refractivity contribution in [3.63, 3.8) is 0 Å². The van der Waals surface area contributed by atoms with Gasteiger partial charge in [-0.1, -0.05) is 12.1 Å². The van der Waals surface area contributed by atoms with Gasteiger partial charge >= 0.3 is 0 Å². The van der Waals surface area contributed by atoms with Gasteiger partial charge in [0.1, 0.15) is 5.75 Å². The largest absolute Gasteiger partial charge is 0.495 e. The quantitative estimate of drug-likeness (QED) is 0.739. The summed E-state index contributed by atoms with van der Waals surface area (Å²) < 4.78 is 5.17. The first-order valence-electron chi connectivity index (χ1n) is 4.66. The van der Waals surface area contributed by atoms with E-state index in [1.165, 1.54) is 0 Å². The van der Waals surface area contributed by atoms with Crippen molar-refractivity contribution in [3.8, 4) is 5.75 Å². The average molecular weight is 228 g/mol. The summed E-state index contributed by atoms with van der Waals surface area (Å²) >= 11 is 5.52. The maximum absolute atomic E-state index is 11.6. The van der Waals surface area contributed by atoms with Gasteiger partial charge in [-0.15, -0.1) is 11.6 Å². The highest BCUT2D eigenvalue weighted by atomic mass is 35.5. The fourth-order valence-corrected chi connectivity index (χ4v) is 1.45. The second-order valence-electron chi connectivity index (χ2n) is 3.06. The molecule has 0 saturated carbocycles. The molecule has 0 saturated heterocycles. The van der Waals surface area contributed by atoms with E-state index in [0.29, 0.717) is 18.1 Å². The monoisotopic (exact) mass is 227 g/mol. The van der Waals surface area contributed by atoms with E-state index >= 15 is 0 Å². The number of methoxy groups -OCH3 is 1. The van der Waals surface area contributed by atoms with Crippen molar-refractivity contribution in [1.29, 1.82) is 0 Å².